The lowest BCUT2D eigenvalue weighted by Crippen LogP contribution is -2.58. The van der Waals surface area contributed by atoms with Crippen molar-refractivity contribution in [3.8, 4) is 5.75 Å². The standard InChI is InChI=1S/C20H17ClN4O4/c1-17(2)18-9-27-20(18)19(18,25-16(22)29-20)12-7-11(4-6-14(12)28-17)24-15(26)13-5-3-10(21)8-23-13/h3-8H,9H2,1-2H3,(H2,22,25)(H,24,26). The smallest absolute Gasteiger partial charge is 0.285 e. The largest absolute Gasteiger partial charge is 0.486 e. The van der Waals surface area contributed by atoms with Crippen LogP contribution in [0.2, 0.25) is 5.02 Å². The van der Waals surface area contributed by atoms with Gasteiger partial charge in [-0.2, -0.15) is 0 Å². The van der Waals surface area contributed by atoms with E-state index in [2.05, 4.69) is 15.3 Å². The molecule has 29 heavy (non-hydrogen) atoms. The molecule has 3 spiro atoms. The number of benzene rings is 1. The number of halogens is 1. The second-order valence-electron chi connectivity index (χ2n) is 8.21. The van der Waals surface area contributed by atoms with Crippen LogP contribution >= 0.6 is 11.6 Å². The van der Waals surface area contributed by atoms with E-state index in [-0.39, 0.29) is 17.6 Å². The Kier molecular flexibility index (Phi) is 2.84. The van der Waals surface area contributed by atoms with E-state index in [0.29, 0.717) is 23.1 Å². The topological polar surface area (TPSA) is 108 Å². The maximum absolute atomic E-state index is 12.6. The summed E-state index contributed by atoms with van der Waals surface area (Å²) in [5, 5.41) is 3.32. The lowest BCUT2D eigenvalue weighted by atomic mass is 9.77. The van der Waals surface area contributed by atoms with Gasteiger partial charge in [0.25, 0.3) is 17.7 Å². The summed E-state index contributed by atoms with van der Waals surface area (Å²) in [5.74, 6) is -0.622. The Labute approximate surface area is 171 Å². The zero-order chi connectivity index (χ0) is 20.2. The van der Waals surface area contributed by atoms with Gasteiger partial charge in [0.05, 0.1) is 11.6 Å². The van der Waals surface area contributed by atoms with Crippen LogP contribution in [0.5, 0.6) is 5.75 Å². The van der Waals surface area contributed by atoms with Crippen LogP contribution in [0, 0.1) is 5.41 Å². The number of carbonyl (C=O) groups excluding carboxylic acids is 1. The third-order valence-electron chi connectivity index (χ3n) is 6.59. The summed E-state index contributed by atoms with van der Waals surface area (Å²) in [6, 6.07) is 8.72. The van der Waals surface area contributed by atoms with Gasteiger partial charge in [0.1, 0.15) is 22.5 Å². The number of ether oxygens (including phenoxy) is 3. The molecule has 4 aliphatic rings. The average molecular weight is 413 g/mol. The Morgan fingerprint density at radius 1 is 1.24 bits per heavy atom. The molecule has 1 aromatic carbocycles. The van der Waals surface area contributed by atoms with Gasteiger partial charge in [-0.3, -0.25) is 4.79 Å². The molecule has 1 aliphatic carbocycles. The van der Waals surface area contributed by atoms with Crippen LogP contribution in [-0.4, -0.2) is 34.9 Å². The zero-order valence-electron chi connectivity index (χ0n) is 15.7. The number of hydrogen-bond donors (Lipinski definition) is 2. The van der Waals surface area contributed by atoms with Crippen LogP contribution in [0.1, 0.15) is 29.9 Å². The maximum Gasteiger partial charge on any atom is 0.285 e. The van der Waals surface area contributed by atoms with Crippen LogP contribution < -0.4 is 15.8 Å². The van der Waals surface area contributed by atoms with Crippen molar-refractivity contribution in [1.82, 2.24) is 4.98 Å². The second-order valence-corrected chi connectivity index (χ2v) is 8.65. The number of anilines is 1. The molecule has 2 aromatic rings. The molecule has 3 aliphatic heterocycles. The monoisotopic (exact) mass is 412 g/mol. The number of hydrogen-bond acceptors (Lipinski definition) is 7. The highest BCUT2D eigenvalue weighted by atomic mass is 35.5. The first-order valence-corrected chi connectivity index (χ1v) is 9.59. The number of amidine groups is 1. The fourth-order valence-corrected chi connectivity index (χ4v) is 5.43. The average Bonchev–Trinajstić information content (AvgIpc) is 2.86. The molecule has 0 radical (unpaired) electrons. The Hall–Kier alpha value is -2.84. The van der Waals surface area contributed by atoms with Gasteiger partial charge in [0, 0.05) is 17.4 Å². The van der Waals surface area contributed by atoms with Crippen molar-refractivity contribution in [1.29, 1.82) is 0 Å². The number of rotatable bonds is 2. The number of amides is 1. The van der Waals surface area contributed by atoms with Gasteiger partial charge in [-0.1, -0.05) is 11.6 Å². The number of carbonyl (C=O) groups is 1. The first-order valence-electron chi connectivity index (χ1n) is 9.21. The quantitative estimate of drug-likeness (QED) is 0.784. The highest BCUT2D eigenvalue weighted by Crippen LogP contribution is 2.89. The summed E-state index contributed by atoms with van der Waals surface area (Å²) in [6.07, 6.45) is 1.43. The first-order chi connectivity index (χ1) is 13.8. The highest BCUT2D eigenvalue weighted by molar-refractivity contribution is 6.30. The predicted octanol–water partition coefficient (Wildman–Crippen LogP) is 2.42. The Balaban J connectivity index is 1.42. The number of fused-ring (bicyclic) bond motifs is 1. The van der Waals surface area contributed by atoms with E-state index >= 15 is 0 Å². The van der Waals surface area contributed by atoms with Crippen molar-refractivity contribution in [3.05, 3.63) is 52.8 Å². The fourth-order valence-electron chi connectivity index (χ4n) is 5.32. The maximum atomic E-state index is 12.6. The summed E-state index contributed by atoms with van der Waals surface area (Å²) in [7, 11) is 0. The molecule has 3 unspecified atom stereocenters. The number of nitrogens with zero attached hydrogens (tertiary/aromatic N) is 2. The van der Waals surface area contributed by atoms with E-state index in [1.54, 1.807) is 18.2 Å². The molecule has 1 aromatic heterocycles. The lowest BCUT2D eigenvalue weighted by Gasteiger charge is -2.45. The van der Waals surface area contributed by atoms with Gasteiger partial charge in [0.2, 0.25) is 0 Å². The zero-order valence-corrected chi connectivity index (χ0v) is 16.4. The Morgan fingerprint density at radius 3 is 2.76 bits per heavy atom. The molecule has 3 atom stereocenters. The number of nitrogens with one attached hydrogen (secondary N) is 1. The van der Waals surface area contributed by atoms with Crippen LogP contribution in [0.4, 0.5) is 5.69 Å². The van der Waals surface area contributed by atoms with Crippen molar-refractivity contribution in [3.63, 3.8) is 0 Å². The van der Waals surface area contributed by atoms with Crippen molar-refractivity contribution >= 4 is 29.2 Å². The van der Waals surface area contributed by atoms with E-state index in [1.807, 2.05) is 26.0 Å². The van der Waals surface area contributed by atoms with Crippen LogP contribution in [0.25, 0.3) is 0 Å². The Morgan fingerprint density at radius 2 is 2.07 bits per heavy atom. The summed E-state index contributed by atoms with van der Waals surface area (Å²) in [6.45, 7) is 4.48. The first kappa shape index (κ1) is 17.1. The van der Waals surface area contributed by atoms with E-state index in [9.17, 15) is 4.79 Å². The van der Waals surface area contributed by atoms with Crippen LogP contribution in [0.3, 0.4) is 0 Å². The minimum absolute atomic E-state index is 0.101. The predicted molar refractivity (Wildman–Crippen MR) is 104 cm³/mol. The van der Waals surface area contributed by atoms with Gasteiger partial charge < -0.3 is 25.3 Å². The molecule has 3 N–H and O–H groups in total. The molecular formula is C20H17ClN4O4. The van der Waals surface area contributed by atoms with Gasteiger partial charge in [0.15, 0.2) is 5.54 Å². The molecule has 1 saturated carbocycles. The van der Waals surface area contributed by atoms with Crippen molar-refractivity contribution in [2.24, 2.45) is 16.1 Å². The van der Waals surface area contributed by atoms with Gasteiger partial charge in [-0.25, -0.2) is 9.98 Å². The molecule has 4 heterocycles. The molecule has 6 rings (SSSR count). The van der Waals surface area contributed by atoms with E-state index in [0.717, 1.165) is 5.56 Å². The highest BCUT2D eigenvalue weighted by Gasteiger charge is 3.06. The number of aromatic nitrogens is 1. The summed E-state index contributed by atoms with van der Waals surface area (Å²) in [5.41, 5.74) is 5.75. The minimum atomic E-state index is -0.945. The van der Waals surface area contributed by atoms with Crippen molar-refractivity contribution < 1.29 is 19.0 Å². The molecule has 148 valence electrons. The van der Waals surface area contributed by atoms with E-state index in [4.69, 9.17) is 31.5 Å². The fraction of sp³-hybridized carbons (Fsp3) is 0.350. The van der Waals surface area contributed by atoms with Crippen molar-refractivity contribution in [2.45, 2.75) is 30.8 Å². The van der Waals surface area contributed by atoms with E-state index < -0.39 is 22.3 Å². The third-order valence-corrected chi connectivity index (χ3v) is 6.82. The number of aliphatic imine (C=N–C) groups is 1. The summed E-state index contributed by atoms with van der Waals surface area (Å²) < 4.78 is 18.1. The second kappa shape index (κ2) is 4.83. The molecule has 2 fully saturated rings. The molecule has 0 bridgehead atoms. The number of pyridine rings is 1. The van der Waals surface area contributed by atoms with Crippen LogP contribution in [-0.2, 0) is 15.0 Å². The molecule has 9 heteroatoms. The molecular weight excluding hydrogens is 396 g/mol. The normalized spacial score (nSPS) is 34.1. The third kappa shape index (κ3) is 1.66. The van der Waals surface area contributed by atoms with Crippen LogP contribution in [0.15, 0.2) is 41.5 Å². The molecule has 1 saturated heterocycles. The molecule has 8 nitrogen and oxygen atoms in total. The van der Waals surface area contributed by atoms with Gasteiger partial charge >= 0.3 is 0 Å². The van der Waals surface area contributed by atoms with Crippen molar-refractivity contribution in [2.75, 3.05) is 11.9 Å². The van der Waals surface area contributed by atoms with E-state index in [1.165, 1.54) is 6.20 Å². The minimum Gasteiger partial charge on any atom is -0.486 e. The number of nitrogens with two attached hydrogens (primary N) is 1. The lowest BCUT2D eigenvalue weighted by molar-refractivity contribution is -0.263. The Bertz CT molecular complexity index is 1130. The van der Waals surface area contributed by atoms with Gasteiger partial charge in [-0.15, -0.1) is 0 Å². The summed E-state index contributed by atoms with van der Waals surface area (Å²) >= 11 is 5.84. The molecule has 1 amide bonds. The van der Waals surface area contributed by atoms with Gasteiger partial charge in [-0.05, 0) is 44.2 Å². The summed E-state index contributed by atoms with van der Waals surface area (Å²) in [4.78, 5) is 21.3. The SMILES string of the molecule is CC1(C)Oc2ccc(NC(=O)c3ccc(Cl)cn3)cc2C23N=C(N)OC24OCC143.